The molecule has 0 amide bonds. The van der Waals surface area contributed by atoms with Gasteiger partial charge in [0.15, 0.2) is 11.6 Å². The number of allylic oxidation sites excluding steroid dienone is 2. The molecule has 108 valence electrons. The van der Waals surface area contributed by atoms with Crippen molar-refractivity contribution in [3.8, 4) is 5.75 Å². The van der Waals surface area contributed by atoms with Crippen LogP contribution in [-0.4, -0.2) is 16.5 Å². The molecule has 3 nitrogen and oxygen atoms in total. The fraction of sp³-hybridized carbons (Fsp3) is 0.438. The lowest BCUT2D eigenvalue weighted by Crippen LogP contribution is -2.01. The number of unbranched alkanes of at least 4 members (excludes halogenated alkanes) is 1. The molecule has 0 radical (unpaired) electrons. The van der Waals surface area contributed by atoms with Crippen molar-refractivity contribution >= 4 is 11.8 Å². The van der Waals surface area contributed by atoms with E-state index in [4.69, 9.17) is 5.21 Å². The van der Waals surface area contributed by atoms with Crippen molar-refractivity contribution in [3.05, 3.63) is 35.2 Å². The first-order chi connectivity index (χ1) is 9.67. The Balaban J connectivity index is 2.40. The summed E-state index contributed by atoms with van der Waals surface area (Å²) in [6.45, 7) is 2.14. The van der Waals surface area contributed by atoms with Crippen LogP contribution in [0.25, 0.3) is 5.57 Å². The van der Waals surface area contributed by atoms with Gasteiger partial charge < -0.3 is 10.3 Å². The lowest BCUT2D eigenvalue weighted by molar-refractivity contribution is 0.319. The van der Waals surface area contributed by atoms with E-state index in [1.807, 2.05) is 0 Å². The number of phenols is 1. The highest BCUT2D eigenvalue weighted by Gasteiger charge is 2.25. The second kappa shape index (κ2) is 6.55. The van der Waals surface area contributed by atoms with E-state index in [1.54, 1.807) is 6.07 Å². The Bertz CT molecular complexity index is 537. The molecule has 20 heavy (non-hydrogen) atoms. The Hall–Kier alpha value is -1.84. The molecule has 1 aromatic carbocycles. The smallest absolute Gasteiger partial charge is 0.165 e. The van der Waals surface area contributed by atoms with Gasteiger partial charge in [0.2, 0.25) is 0 Å². The lowest BCUT2D eigenvalue weighted by atomic mass is 9.93. The molecular weight excluding hydrogens is 257 g/mol. The molecule has 4 heteroatoms. The SMILES string of the molecule is CCCCC1=C(c2ccc(O)c(F)c2)C(C=NO)CC1. The Labute approximate surface area is 118 Å². The van der Waals surface area contributed by atoms with Gasteiger partial charge in [-0.3, -0.25) is 0 Å². The minimum Gasteiger partial charge on any atom is -0.505 e. The van der Waals surface area contributed by atoms with Gasteiger partial charge in [-0.05, 0) is 49.0 Å². The summed E-state index contributed by atoms with van der Waals surface area (Å²) >= 11 is 0. The number of benzene rings is 1. The average molecular weight is 277 g/mol. The van der Waals surface area contributed by atoms with Crippen molar-refractivity contribution in [2.75, 3.05) is 0 Å². The number of rotatable bonds is 5. The number of aromatic hydroxyl groups is 1. The number of hydrogen-bond donors (Lipinski definition) is 2. The first kappa shape index (κ1) is 14.6. The van der Waals surface area contributed by atoms with Crippen molar-refractivity contribution in [2.24, 2.45) is 11.1 Å². The van der Waals surface area contributed by atoms with Gasteiger partial charge in [0.25, 0.3) is 0 Å². The number of phenolic OH excluding ortho intramolecular Hbond substituents is 1. The molecule has 0 saturated heterocycles. The second-order valence-electron chi connectivity index (χ2n) is 5.20. The molecule has 0 aliphatic heterocycles. The first-order valence-electron chi connectivity index (χ1n) is 7.05. The summed E-state index contributed by atoms with van der Waals surface area (Å²) in [5.74, 6) is -0.929. The van der Waals surface area contributed by atoms with Gasteiger partial charge in [0.05, 0.1) is 6.21 Å². The van der Waals surface area contributed by atoms with Gasteiger partial charge in [-0.2, -0.15) is 0 Å². The highest BCUT2D eigenvalue weighted by molar-refractivity contribution is 5.86. The van der Waals surface area contributed by atoms with Crippen LogP contribution in [0, 0.1) is 11.7 Å². The Morgan fingerprint density at radius 1 is 1.45 bits per heavy atom. The van der Waals surface area contributed by atoms with Gasteiger partial charge in [0, 0.05) is 5.92 Å². The molecule has 0 bridgehead atoms. The van der Waals surface area contributed by atoms with Crippen molar-refractivity contribution in [2.45, 2.75) is 39.0 Å². The topological polar surface area (TPSA) is 52.8 Å². The Kier molecular flexibility index (Phi) is 4.77. The largest absolute Gasteiger partial charge is 0.505 e. The lowest BCUT2D eigenvalue weighted by Gasteiger charge is -2.13. The second-order valence-corrected chi connectivity index (χ2v) is 5.20. The summed E-state index contributed by atoms with van der Waals surface area (Å²) in [4.78, 5) is 0. The van der Waals surface area contributed by atoms with E-state index in [0.717, 1.165) is 43.2 Å². The molecule has 0 heterocycles. The van der Waals surface area contributed by atoms with Crippen LogP contribution in [0.5, 0.6) is 5.75 Å². The van der Waals surface area contributed by atoms with E-state index in [0.29, 0.717) is 0 Å². The van der Waals surface area contributed by atoms with E-state index in [2.05, 4.69) is 12.1 Å². The number of hydrogen-bond acceptors (Lipinski definition) is 3. The molecular formula is C16H20FNO2. The summed E-state index contributed by atoms with van der Waals surface area (Å²) in [5.41, 5.74) is 3.13. The van der Waals surface area contributed by atoms with Crippen LogP contribution in [0.4, 0.5) is 4.39 Å². The number of nitrogens with zero attached hydrogens (tertiary/aromatic N) is 1. The highest BCUT2D eigenvalue weighted by atomic mass is 19.1. The minimum atomic E-state index is -0.614. The third-order valence-corrected chi connectivity index (χ3v) is 3.85. The van der Waals surface area contributed by atoms with E-state index in [1.165, 1.54) is 23.9 Å². The van der Waals surface area contributed by atoms with Crippen molar-refractivity contribution < 1.29 is 14.7 Å². The zero-order valence-corrected chi connectivity index (χ0v) is 11.6. The van der Waals surface area contributed by atoms with Gasteiger partial charge in [-0.25, -0.2) is 4.39 Å². The zero-order valence-electron chi connectivity index (χ0n) is 11.6. The molecule has 1 aliphatic rings. The van der Waals surface area contributed by atoms with Crippen LogP contribution in [-0.2, 0) is 0 Å². The highest BCUT2D eigenvalue weighted by Crippen LogP contribution is 2.41. The number of oxime groups is 1. The molecule has 1 aliphatic carbocycles. The predicted octanol–water partition coefficient (Wildman–Crippen LogP) is 4.35. The van der Waals surface area contributed by atoms with Crippen molar-refractivity contribution in [1.82, 2.24) is 0 Å². The summed E-state index contributed by atoms with van der Waals surface area (Å²) in [6.07, 6.45) is 6.56. The molecule has 1 aromatic rings. The van der Waals surface area contributed by atoms with Crippen molar-refractivity contribution in [1.29, 1.82) is 0 Å². The van der Waals surface area contributed by atoms with Crippen LogP contribution >= 0.6 is 0 Å². The van der Waals surface area contributed by atoms with Crippen LogP contribution in [0.15, 0.2) is 28.9 Å². The molecule has 2 rings (SSSR count). The summed E-state index contributed by atoms with van der Waals surface area (Å²) in [7, 11) is 0. The van der Waals surface area contributed by atoms with E-state index < -0.39 is 5.82 Å². The molecule has 0 saturated carbocycles. The zero-order chi connectivity index (χ0) is 14.5. The number of halogens is 1. The molecule has 0 aromatic heterocycles. The normalized spacial score (nSPS) is 19.2. The fourth-order valence-corrected chi connectivity index (χ4v) is 2.84. The third-order valence-electron chi connectivity index (χ3n) is 3.85. The summed E-state index contributed by atoms with van der Waals surface area (Å²) in [5, 5.41) is 21.2. The van der Waals surface area contributed by atoms with Gasteiger partial charge in [-0.15, -0.1) is 5.16 Å². The molecule has 0 fully saturated rings. The van der Waals surface area contributed by atoms with E-state index >= 15 is 0 Å². The quantitative estimate of drug-likeness (QED) is 0.477. The molecule has 0 spiro atoms. The van der Waals surface area contributed by atoms with Gasteiger partial charge >= 0.3 is 0 Å². The maximum Gasteiger partial charge on any atom is 0.165 e. The molecule has 1 unspecified atom stereocenters. The van der Waals surface area contributed by atoms with Gasteiger partial charge in [0.1, 0.15) is 0 Å². The standard InChI is InChI=1S/C16H20FNO2/c1-2-3-4-11-5-6-13(10-18-20)16(11)12-7-8-15(19)14(17)9-12/h7-10,13,19-20H,2-6H2,1H3. The van der Waals surface area contributed by atoms with Gasteiger partial charge in [-0.1, -0.05) is 25.0 Å². The van der Waals surface area contributed by atoms with E-state index in [9.17, 15) is 9.50 Å². The maximum atomic E-state index is 13.6. The maximum absolute atomic E-state index is 13.6. The monoisotopic (exact) mass is 277 g/mol. The first-order valence-corrected chi connectivity index (χ1v) is 7.05. The van der Waals surface area contributed by atoms with Crippen molar-refractivity contribution in [3.63, 3.8) is 0 Å². The Morgan fingerprint density at radius 3 is 2.90 bits per heavy atom. The molecule has 2 N–H and O–H groups in total. The van der Waals surface area contributed by atoms with Crippen LogP contribution in [0.2, 0.25) is 0 Å². The molecule has 1 atom stereocenters. The van der Waals surface area contributed by atoms with E-state index in [-0.39, 0.29) is 11.7 Å². The third kappa shape index (κ3) is 3.00. The van der Waals surface area contributed by atoms with Crippen LogP contribution < -0.4 is 0 Å². The Morgan fingerprint density at radius 2 is 2.25 bits per heavy atom. The average Bonchev–Trinajstić information content (AvgIpc) is 2.83. The predicted molar refractivity (Wildman–Crippen MR) is 77.5 cm³/mol. The van der Waals surface area contributed by atoms with Crippen LogP contribution in [0.3, 0.4) is 0 Å². The van der Waals surface area contributed by atoms with Crippen LogP contribution in [0.1, 0.15) is 44.6 Å². The summed E-state index contributed by atoms with van der Waals surface area (Å²) < 4.78 is 13.6. The fourth-order valence-electron chi connectivity index (χ4n) is 2.84. The minimum absolute atomic E-state index is 0.0239. The summed E-state index contributed by atoms with van der Waals surface area (Å²) in [6, 6.07) is 4.46.